The van der Waals surface area contributed by atoms with Crippen molar-refractivity contribution >= 4 is 39.5 Å². The minimum absolute atomic E-state index is 0.247. The molecule has 32 heavy (non-hydrogen) atoms. The normalized spacial score (nSPS) is 15.2. The smallest absolute Gasteiger partial charge is 0.336 e. The van der Waals surface area contributed by atoms with Crippen molar-refractivity contribution in [2.24, 2.45) is 0 Å². The molecular formula is C24H22BrN3O3S. The molecule has 0 amide bonds. The van der Waals surface area contributed by atoms with Gasteiger partial charge in [-0.2, -0.15) is 0 Å². The van der Waals surface area contributed by atoms with Crippen LogP contribution in [0.1, 0.15) is 36.5 Å². The minimum atomic E-state index is -0.591. The van der Waals surface area contributed by atoms with Gasteiger partial charge in [-0.3, -0.25) is 4.79 Å². The topological polar surface area (TPSA) is 84.1 Å². The fourth-order valence-corrected chi connectivity index (χ4v) is 4.96. The van der Waals surface area contributed by atoms with E-state index in [-0.39, 0.29) is 12.2 Å². The summed E-state index contributed by atoms with van der Waals surface area (Å²) in [4.78, 5) is 33.7. The van der Waals surface area contributed by atoms with Gasteiger partial charge in [-0.05, 0) is 37.1 Å². The number of H-pyrrole nitrogens is 1. The summed E-state index contributed by atoms with van der Waals surface area (Å²) < 4.78 is 6.17. The predicted octanol–water partition coefficient (Wildman–Crippen LogP) is 5.22. The van der Waals surface area contributed by atoms with Crippen molar-refractivity contribution in [2.45, 2.75) is 30.7 Å². The molecule has 8 heteroatoms. The second kappa shape index (κ2) is 9.75. The summed E-state index contributed by atoms with van der Waals surface area (Å²) in [5.74, 6) is 0.0997. The van der Waals surface area contributed by atoms with Crippen molar-refractivity contribution in [2.75, 3.05) is 11.9 Å². The summed E-state index contributed by atoms with van der Waals surface area (Å²) in [5.41, 5.74) is 3.10. The molecule has 1 atom stereocenters. The van der Waals surface area contributed by atoms with Crippen molar-refractivity contribution in [3.63, 3.8) is 0 Å². The number of anilines is 1. The Morgan fingerprint density at radius 3 is 2.69 bits per heavy atom. The van der Waals surface area contributed by atoms with Gasteiger partial charge in [0.25, 0.3) is 5.56 Å². The number of benzene rings is 2. The Kier molecular flexibility index (Phi) is 6.81. The highest BCUT2D eigenvalue weighted by atomic mass is 79.9. The molecule has 0 fully saturated rings. The minimum Gasteiger partial charge on any atom is -0.463 e. The van der Waals surface area contributed by atoms with Gasteiger partial charge in [0.15, 0.2) is 5.16 Å². The van der Waals surface area contributed by atoms with E-state index in [1.54, 1.807) is 13.8 Å². The number of halogens is 1. The van der Waals surface area contributed by atoms with Crippen molar-refractivity contribution in [3.05, 3.63) is 97.4 Å². The number of aromatic nitrogens is 2. The zero-order chi connectivity index (χ0) is 22.7. The van der Waals surface area contributed by atoms with Crippen LogP contribution >= 0.6 is 27.7 Å². The van der Waals surface area contributed by atoms with Gasteiger partial charge in [-0.25, -0.2) is 9.78 Å². The highest BCUT2D eigenvalue weighted by Crippen LogP contribution is 2.40. The van der Waals surface area contributed by atoms with E-state index >= 15 is 0 Å². The Morgan fingerprint density at radius 2 is 1.97 bits per heavy atom. The van der Waals surface area contributed by atoms with Gasteiger partial charge in [0.2, 0.25) is 0 Å². The Hall–Kier alpha value is -2.84. The van der Waals surface area contributed by atoms with Gasteiger partial charge in [0.05, 0.1) is 23.7 Å². The number of allylic oxidation sites excluding steroid dienone is 1. The summed E-state index contributed by atoms with van der Waals surface area (Å²) in [6.45, 7) is 3.81. The number of fused-ring (bicyclic) bond motifs is 1. The maximum atomic E-state index is 13.3. The van der Waals surface area contributed by atoms with Gasteiger partial charge in [-0.1, -0.05) is 70.2 Å². The summed E-state index contributed by atoms with van der Waals surface area (Å²) >= 11 is 4.95. The second-order valence-corrected chi connectivity index (χ2v) is 9.16. The summed E-state index contributed by atoms with van der Waals surface area (Å²) in [6.07, 6.45) is 0. The number of aromatic amines is 1. The number of esters is 1. The van der Waals surface area contributed by atoms with E-state index in [0.717, 1.165) is 15.6 Å². The number of carbonyl (C=O) groups is 1. The van der Waals surface area contributed by atoms with Crippen LogP contribution in [-0.2, 0) is 15.3 Å². The lowest BCUT2D eigenvalue weighted by atomic mass is 9.82. The number of hydrogen-bond acceptors (Lipinski definition) is 6. The summed E-state index contributed by atoms with van der Waals surface area (Å²) in [7, 11) is 0. The third-order valence-electron chi connectivity index (χ3n) is 5.12. The molecule has 0 radical (unpaired) electrons. The molecular weight excluding hydrogens is 490 g/mol. The summed E-state index contributed by atoms with van der Waals surface area (Å²) in [6, 6.07) is 17.6. The SMILES string of the molecule is CCOC(=O)C1=C(C)Nc2nc(SCc3ccccc3)[nH]c(=O)c2C1c1cccc(Br)c1. The molecule has 3 aromatic rings. The highest BCUT2D eigenvalue weighted by molar-refractivity contribution is 9.10. The molecule has 0 aliphatic carbocycles. The Balaban J connectivity index is 1.77. The van der Waals surface area contributed by atoms with E-state index in [4.69, 9.17) is 4.74 Å². The number of carbonyl (C=O) groups excluding carboxylic acids is 1. The van der Waals surface area contributed by atoms with Crippen molar-refractivity contribution < 1.29 is 9.53 Å². The second-order valence-electron chi connectivity index (χ2n) is 7.28. The van der Waals surface area contributed by atoms with Crippen molar-refractivity contribution in [1.82, 2.24) is 9.97 Å². The molecule has 1 aliphatic rings. The first-order chi connectivity index (χ1) is 15.5. The number of hydrogen-bond donors (Lipinski definition) is 2. The van der Waals surface area contributed by atoms with Crippen molar-refractivity contribution in [1.29, 1.82) is 0 Å². The fourth-order valence-electron chi connectivity index (χ4n) is 3.72. The zero-order valence-corrected chi connectivity index (χ0v) is 20.0. The zero-order valence-electron chi connectivity index (χ0n) is 17.6. The first-order valence-corrected chi connectivity index (χ1v) is 12.0. The van der Waals surface area contributed by atoms with Crippen LogP contribution < -0.4 is 10.9 Å². The molecule has 1 aliphatic heterocycles. The Morgan fingerprint density at radius 1 is 1.19 bits per heavy atom. The first kappa shape index (κ1) is 22.4. The third-order valence-corrected chi connectivity index (χ3v) is 6.55. The first-order valence-electron chi connectivity index (χ1n) is 10.2. The molecule has 2 heterocycles. The average molecular weight is 512 g/mol. The lowest BCUT2D eigenvalue weighted by molar-refractivity contribution is -0.138. The van der Waals surface area contributed by atoms with Crippen LogP contribution in [-0.4, -0.2) is 22.5 Å². The van der Waals surface area contributed by atoms with Crippen LogP contribution in [0.5, 0.6) is 0 Å². The van der Waals surface area contributed by atoms with Crippen LogP contribution in [0.4, 0.5) is 5.82 Å². The highest BCUT2D eigenvalue weighted by Gasteiger charge is 2.36. The van der Waals surface area contributed by atoms with E-state index in [0.29, 0.717) is 33.6 Å². The van der Waals surface area contributed by atoms with Crippen LogP contribution in [0.3, 0.4) is 0 Å². The molecule has 0 saturated heterocycles. The van der Waals surface area contributed by atoms with Gasteiger partial charge >= 0.3 is 5.97 Å². The predicted molar refractivity (Wildman–Crippen MR) is 130 cm³/mol. The molecule has 0 spiro atoms. The van der Waals surface area contributed by atoms with Crippen LogP contribution in [0.15, 0.2) is 80.3 Å². The van der Waals surface area contributed by atoms with Gasteiger partial charge in [-0.15, -0.1) is 0 Å². The van der Waals surface area contributed by atoms with Gasteiger partial charge < -0.3 is 15.0 Å². The number of nitrogens with zero attached hydrogens (tertiary/aromatic N) is 1. The van der Waals surface area contributed by atoms with Crippen LogP contribution in [0.2, 0.25) is 0 Å². The van der Waals surface area contributed by atoms with E-state index in [1.165, 1.54) is 11.8 Å². The van der Waals surface area contributed by atoms with Gasteiger partial charge in [0.1, 0.15) is 5.82 Å². The standard InChI is InChI=1S/C24H22BrN3O3S/c1-3-31-23(30)18-14(2)26-21-20(19(18)16-10-7-11-17(25)12-16)22(29)28-24(27-21)32-13-15-8-5-4-6-9-15/h4-12,19H,3,13H2,1-2H3,(H2,26,27,28,29). The monoisotopic (exact) mass is 511 g/mol. The maximum Gasteiger partial charge on any atom is 0.336 e. The number of thioether (sulfide) groups is 1. The van der Waals surface area contributed by atoms with E-state index in [1.807, 2.05) is 54.6 Å². The fraction of sp³-hybridized carbons (Fsp3) is 0.208. The summed E-state index contributed by atoms with van der Waals surface area (Å²) in [5, 5.41) is 3.68. The third kappa shape index (κ3) is 4.66. The molecule has 2 aromatic carbocycles. The molecule has 6 nitrogen and oxygen atoms in total. The quantitative estimate of drug-likeness (QED) is 0.268. The molecule has 2 N–H and O–H groups in total. The van der Waals surface area contributed by atoms with Crippen molar-refractivity contribution in [3.8, 4) is 0 Å². The van der Waals surface area contributed by atoms with E-state index < -0.39 is 11.9 Å². The van der Waals surface area contributed by atoms with Gasteiger partial charge in [0, 0.05) is 15.9 Å². The molecule has 4 rings (SSSR count). The molecule has 1 unspecified atom stereocenters. The molecule has 1 aromatic heterocycles. The lowest BCUT2D eigenvalue weighted by Crippen LogP contribution is -2.31. The maximum absolute atomic E-state index is 13.3. The van der Waals surface area contributed by atoms with Crippen LogP contribution in [0.25, 0.3) is 0 Å². The lowest BCUT2D eigenvalue weighted by Gasteiger charge is -2.29. The Bertz CT molecular complexity index is 1240. The largest absolute Gasteiger partial charge is 0.463 e. The van der Waals surface area contributed by atoms with Crippen LogP contribution in [0, 0.1) is 0 Å². The molecule has 164 valence electrons. The van der Waals surface area contributed by atoms with E-state index in [9.17, 15) is 9.59 Å². The molecule has 0 bridgehead atoms. The molecule has 0 saturated carbocycles. The number of ether oxygens (including phenoxy) is 1. The number of rotatable bonds is 6. The number of nitrogens with one attached hydrogen (secondary N) is 2. The average Bonchev–Trinajstić information content (AvgIpc) is 2.77. The Labute approximate surface area is 198 Å². The van der Waals surface area contributed by atoms with E-state index in [2.05, 4.69) is 31.2 Å².